The minimum atomic E-state index is 0.0140. The third-order valence-corrected chi connectivity index (χ3v) is 4.12. The number of carbonyl (C=O) groups excluding carboxylic acids is 1. The summed E-state index contributed by atoms with van der Waals surface area (Å²) in [7, 11) is 0. The van der Waals surface area contributed by atoms with Crippen molar-refractivity contribution in [2.45, 2.75) is 26.3 Å². The Kier molecular flexibility index (Phi) is 6.48. The average Bonchev–Trinajstić information content (AvgIpc) is 2.27. The summed E-state index contributed by atoms with van der Waals surface area (Å²) in [5.41, 5.74) is 0.753. The Hall–Kier alpha value is -0.100. The maximum Gasteiger partial charge on any atom is 0.252 e. The highest BCUT2D eigenvalue weighted by Gasteiger charge is 2.15. The van der Waals surface area contributed by atoms with Crippen molar-refractivity contribution in [3.63, 3.8) is 0 Å². The van der Waals surface area contributed by atoms with Crippen molar-refractivity contribution >= 4 is 44.4 Å². The number of nitrogens with one attached hydrogen (secondary N) is 1. The van der Waals surface area contributed by atoms with E-state index in [1.807, 2.05) is 24.3 Å². The van der Waals surface area contributed by atoms with E-state index < -0.39 is 0 Å². The van der Waals surface area contributed by atoms with E-state index in [2.05, 4.69) is 57.7 Å². The molecule has 94 valence electrons. The number of hydrogen-bond donors (Lipinski definition) is 1. The Morgan fingerprint density at radius 1 is 1.41 bits per heavy atom. The number of halogens is 2. The Bertz CT molecular complexity index is 381. The van der Waals surface area contributed by atoms with Crippen LogP contribution in [0.25, 0.3) is 0 Å². The van der Waals surface area contributed by atoms with Gasteiger partial charge < -0.3 is 5.32 Å². The first-order valence-corrected chi connectivity index (χ1v) is 7.86. The van der Waals surface area contributed by atoms with E-state index in [-0.39, 0.29) is 11.9 Å². The predicted octanol–water partition coefficient (Wildman–Crippen LogP) is 3.83. The van der Waals surface area contributed by atoms with Crippen LogP contribution in [0.3, 0.4) is 0 Å². The standard InChI is InChI=1S/C13H17BrINO/c1-9(2)7-10(8-14)16-13(17)11-5-3-4-6-12(11)15/h3-6,9-10H,7-8H2,1-2H3,(H,16,17). The first-order valence-electron chi connectivity index (χ1n) is 5.66. The number of benzene rings is 1. The summed E-state index contributed by atoms with van der Waals surface area (Å²) in [6, 6.07) is 7.83. The molecule has 0 aromatic heterocycles. The van der Waals surface area contributed by atoms with Crippen LogP contribution >= 0.6 is 38.5 Å². The highest BCUT2D eigenvalue weighted by molar-refractivity contribution is 14.1. The first-order chi connectivity index (χ1) is 8.04. The smallest absolute Gasteiger partial charge is 0.252 e. The molecule has 0 radical (unpaired) electrons. The van der Waals surface area contributed by atoms with Crippen molar-refractivity contribution in [2.24, 2.45) is 5.92 Å². The molecule has 1 amide bonds. The highest BCUT2D eigenvalue weighted by Crippen LogP contribution is 2.13. The molecule has 0 aliphatic rings. The van der Waals surface area contributed by atoms with Crippen LogP contribution in [0.5, 0.6) is 0 Å². The van der Waals surface area contributed by atoms with Crippen molar-refractivity contribution in [1.29, 1.82) is 0 Å². The van der Waals surface area contributed by atoms with Crippen LogP contribution in [-0.4, -0.2) is 17.3 Å². The molecule has 17 heavy (non-hydrogen) atoms. The highest BCUT2D eigenvalue weighted by atomic mass is 127. The van der Waals surface area contributed by atoms with Gasteiger partial charge in [-0.3, -0.25) is 4.79 Å². The van der Waals surface area contributed by atoms with Crippen molar-refractivity contribution in [2.75, 3.05) is 5.33 Å². The molecule has 1 N–H and O–H groups in total. The van der Waals surface area contributed by atoms with Gasteiger partial charge in [0, 0.05) is 14.9 Å². The average molecular weight is 410 g/mol. The van der Waals surface area contributed by atoms with Crippen molar-refractivity contribution in [1.82, 2.24) is 5.32 Å². The summed E-state index contributed by atoms with van der Waals surface area (Å²) < 4.78 is 0.987. The molecular weight excluding hydrogens is 393 g/mol. The van der Waals surface area contributed by atoms with Gasteiger partial charge in [-0.25, -0.2) is 0 Å². The van der Waals surface area contributed by atoms with Gasteiger partial charge in [0.1, 0.15) is 0 Å². The molecule has 0 heterocycles. The molecular formula is C13H17BrINO. The Morgan fingerprint density at radius 2 is 2.06 bits per heavy atom. The molecule has 1 rings (SSSR count). The number of carbonyl (C=O) groups is 1. The number of rotatable bonds is 5. The lowest BCUT2D eigenvalue weighted by molar-refractivity contribution is 0.0936. The molecule has 0 aliphatic heterocycles. The number of amides is 1. The Labute approximate surface area is 125 Å². The normalized spacial score (nSPS) is 12.5. The third-order valence-electron chi connectivity index (χ3n) is 2.40. The summed E-state index contributed by atoms with van der Waals surface area (Å²) in [6.45, 7) is 4.32. The van der Waals surface area contributed by atoms with Gasteiger partial charge in [0.05, 0.1) is 5.56 Å². The number of alkyl halides is 1. The van der Waals surface area contributed by atoms with Crippen LogP contribution in [0.4, 0.5) is 0 Å². The lowest BCUT2D eigenvalue weighted by Crippen LogP contribution is -2.37. The van der Waals surface area contributed by atoms with E-state index in [9.17, 15) is 4.79 Å². The van der Waals surface area contributed by atoms with E-state index in [0.717, 1.165) is 20.9 Å². The van der Waals surface area contributed by atoms with Crippen molar-refractivity contribution < 1.29 is 4.79 Å². The molecule has 0 saturated carbocycles. The quantitative estimate of drug-likeness (QED) is 0.581. The zero-order chi connectivity index (χ0) is 12.8. The van der Waals surface area contributed by atoms with E-state index in [1.165, 1.54) is 0 Å². The molecule has 0 bridgehead atoms. The third kappa shape index (κ3) is 4.95. The van der Waals surface area contributed by atoms with Gasteiger partial charge in [-0.1, -0.05) is 41.9 Å². The topological polar surface area (TPSA) is 29.1 Å². The summed E-state index contributed by atoms with van der Waals surface area (Å²) >= 11 is 5.63. The van der Waals surface area contributed by atoms with Crippen LogP contribution in [0.15, 0.2) is 24.3 Å². The van der Waals surface area contributed by atoms with Crippen LogP contribution in [-0.2, 0) is 0 Å². The largest absolute Gasteiger partial charge is 0.348 e. The molecule has 1 aromatic rings. The molecule has 1 atom stereocenters. The summed E-state index contributed by atoms with van der Waals surface area (Å²) in [4.78, 5) is 12.1. The first kappa shape index (κ1) is 15.0. The van der Waals surface area contributed by atoms with E-state index >= 15 is 0 Å². The van der Waals surface area contributed by atoms with Gasteiger partial charge in [-0.05, 0) is 47.1 Å². The number of hydrogen-bond acceptors (Lipinski definition) is 1. The van der Waals surface area contributed by atoms with Gasteiger partial charge in [0.25, 0.3) is 5.91 Å². The van der Waals surface area contributed by atoms with Gasteiger partial charge in [0.15, 0.2) is 0 Å². The maximum absolute atomic E-state index is 12.1. The summed E-state index contributed by atoms with van der Waals surface area (Å²) in [5, 5.41) is 3.86. The molecule has 2 nitrogen and oxygen atoms in total. The van der Waals surface area contributed by atoms with Crippen LogP contribution in [0.2, 0.25) is 0 Å². The van der Waals surface area contributed by atoms with Gasteiger partial charge in [-0.2, -0.15) is 0 Å². The van der Waals surface area contributed by atoms with E-state index in [0.29, 0.717) is 5.92 Å². The minimum absolute atomic E-state index is 0.0140. The molecule has 0 aliphatic carbocycles. The fourth-order valence-corrected chi connectivity index (χ4v) is 2.70. The zero-order valence-electron chi connectivity index (χ0n) is 10.0. The fourth-order valence-electron chi connectivity index (χ4n) is 1.64. The second kappa shape index (κ2) is 7.36. The zero-order valence-corrected chi connectivity index (χ0v) is 13.8. The van der Waals surface area contributed by atoms with Crippen molar-refractivity contribution in [3.8, 4) is 0 Å². The maximum atomic E-state index is 12.1. The Morgan fingerprint density at radius 3 is 2.59 bits per heavy atom. The van der Waals surface area contributed by atoms with Gasteiger partial charge >= 0.3 is 0 Å². The SMILES string of the molecule is CC(C)CC(CBr)NC(=O)c1ccccc1I. The fraction of sp³-hybridized carbons (Fsp3) is 0.462. The molecule has 0 spiro atoms. The molecule has 4 heteroatoms. The summed E-state index contributed by atoms with van der Waals surface area (Å²) in [5.74, 6) is 0.591. The molecule has 1 unspecified atom stereocenters. The van der Waals surface area contributed by atoms with E-state index in [4.69, 9.17) is 0 Å². The molecule has 0 fully saturated rings. The predicted molar refractivity (Wildman–Crippen MR) is 83.7 cm³/mol. The van der Waals surface area contributed by atoms with Crippen LogP contribution in [0, 0.1) is 9.49 Å². The molecule has 0 saturated heterocycles. The van der Waals surface area contributed by atoms with Gasteiger partial charge in [0.2, 0.25) is 0 Å². The lowest BCUT2D eigenvalue weighted by atomic mass is 10.0. The van der Waals surface area contributed by atoms with Gasteiger partial charge in [-0.15, -0.1) is 0 Å². The van der Waals surface area contributed by atoms with E-state index in [1.54, 1.807) is 0 Å². The van der Waals surface area contributed by atoms with Crippen LogP contribution in [0.1, 0.15) is 30.6 Å². The summed E-state index contributed by atoms with van der Waals surface area (Å²) in [6.07, 6.45) is 0.987. The van der Waals surface area contributed by atoms with Crippen molar-refractivity contribution in [3.05, 3.63) is 33.4 Å². The molecule has 1 aromatic carbocycles. The second-order valence-electron chi connectivity index (χ2n) is 4.43. The second-order valence-corrected chi connectivity index (χ2v) is 6.24. The Balaban J connectivity index is 2.68. The monoisotopic (exact) mass is 409 g/mol. The minimum Gasteiger partial charge on any atom is -0.348 e. The lowest BCUT2D eigenvalue weighted by Gasteiger charge is -2.18. The van der Waals surface area contributed by atoms with Crippen LogP contribution < -0.4 is 5.32 Å².